The van der Waals surface area contributed by atoms with Crippen LogP contribution in [0.4, 0.5) is 0 Å². The zero-order valence-corrected chi connectivity index (χ0v) is 21.7. The van der Waals surface area contributed by atoms with Crippen molar-refractivity contribution in [1.29, 1.82) is 0 Å². The quantitative estimate of drug-likeness (QED) is 0.573. The van der Waals surface area contributed by atoms with Crippen LogP contribution in [0.3, 0.4) is 0 Å². The molecule has 0 aliphatic carbocycles. The van der Waals surface area contributed by atoms with Gasteiger partial charge in [-0.2, -0.15) is 0 Å². The number of phenols is 2. The van der Waals surface area contributed by atoms with Gasteiger partial charge in [-0.05, 0) is 66.1 Å². The lowest BCUT2D eigenvalue weighted by Crippen LogP contribution is -2.48. The second-order valence-corrected chi connectivity index (χ2v) is 11.1. The van der Waals surface area contributed by atoms with Crippen molar-refractivity contribution < 1.29 is 15.0 Å². The summed E-state index contributed by atoms with van der Waals surface area (Å²) >= 11 is 0. The van der Waals surface area contributed by atoms with Gasteiger partial charge >= 0.3 is 0 Å². The first-order valence-electron chi connectivity index (χ1n) is 13.5. The Morgan fingerprint density at radius 3 is 2.36 bits per heavy atom. The molecule has 0 bridgehead atoms. The van der Waals surface area contributed by atoms with Crippen LogP contribution in [0.1, 0.15) is 65.2 Å². The highest BCUT2D eigenvalue weighted by atomic mass is 16.3. The predicted octanol–water partition coefficient (Wildman–Crippen LogP) is 3.49. The zero-order valence-electron chi connectivity index (χ0n) is 21.7. The molecule has 0 aromatic heterocycles. The highest BCUT2D eigenvalue weighted by Crippen LogP contribution is 2.34. The number of piperidine rings is 1. The Balaban J connectivity index is 1.17. The zero-order chi connectivity index (χ0) is 25.2. The van der Waals surface area contributed by atoms with E-state index in [4.69, 9.17) is 0 Å². The molecule has 2 fully saturated rings. The fourth-order valence-corrected chi connectivity index (χ4v) is 5.91. The van der Waals surface area contributed by atoms with Crippen LogP contribution in [0.2, 0.25) is 0 Å². The van der Waals surface area contributed by atoms with Gasteiger partial charge < -0.3 is 25.3 Å². The van der Waals surface area contributed by atoms with Crippen molar-refractivity contribution in [3.05, 3.63) is 58.1 Å². The van der Waals surface area contributed by atoms with Crippen LogP contribution in [0.15, 0.2) is 30.3 Å². The van der Waals surface area contributed by atoms with Gasteiger partial charge in [0.25, 0.3) is 5.91 Å². The summed E-state index contributed by atoms with van der Waals surface area (Å²) in [5.41, 5.74) is 4.58. The Morgan fingerprint density at radius 2 is 1.64 bits per heavy atom. The maximum Gasteiger partial charge on any atom is 0.258 e. The number of hydrogen-bond donors (Lipinski definition) is 3. The highest BCUT2D eigenvalue weighted by Gasteiger charge is 2.28. The molecule has 194 valence electrons. The molecule has 1 amide bonds. The van der Waals surface area contributed by atoms with Gasteiger partial charge in [0.05, 0.1) is 5.56 Å². The van der Waals surface area contributed by atoms with Gasteiger partial charge in [0.15, 0.2) is 0 Å². The molecule has 3 heterocycles. The Kier molecular flexibility index (Phi) is 7.51. The summed E-state index contributed by atoms with van der Waals surface area (Å²) in [6.45, 7) is 14.0. The number of nitrogens with one attached hydrogen (secondary N) is 1. The number of fused-ring (bicyclic) bond motifs is 1. The molecule has 3 aliphatic rings. The summed E-state index contributed by atoms with van der Waals surface area (Å²) in [6, 6.07) is 9.53. The van der Waals surface area contributed by atoms with Crippen molar-refractivity contribution >= 4 is 5.91 Å². The van der Waals surface area contributed by atoms with Gasteiger partial charge in [0.2, 0.25) is 0 Å². The molecule has 5 rings (SSSR count). The normalized spacial score (nSPS) is 19.7. The van der Waals surface area contributed by atoms with Crippen molar-refractivity contribution in [1.82, 2.24) is 20.0 Å². The molecule has 0 radical (unpaired) electrons. The van der Waals surface area contributed by atoms with E-state index in [1.165, 1.54) is 55.2 Å². The van der Waals surface area contributed by atoms with Crippen LogP contribution in [0.25, 0.3) is 0 Å². The van der Waals surface area contributed by atoms with E-state index in [0.29, 0.717) is 18.7 Å². The lowest BCUT2D eigenvalue weighted by Gasteiger charge is -2.37. The third kappa shape index (κ3) is 5.53. The maximum absolute atomic E-state index is 13.3. The van der Waals surface area contributed by atoms with Crippen molar-refractivity contribution in [2.75, 3.05) is 45.8 Å². The van der Waals surface area contributed by atoms with Gasteiger partial charge in [0, 0.05) is 58.4 Å². The predicted molar refractivity (Wildman–Crippen MR) is 141 cm³/mol. The van der Waals surface area contributed by atoms with Crippen LogP contribution in [-0.4, -0.2) is 76.6 Å². The second-order valence-electron chi connectivity index (χ2n) is 11.1. The van der Waals surface area contributed by atoms with Gasteiger partial charge in [-0.1, -0.05) is 32.0 Å². The first-order valence-corrected chi connectivity index (χ1v) is 13.5. The molecule has 0 atom stereocenters. The molecule has 2 aromatic carbocycles. The fourth-order valence-electron chi connectivity index (χ4n) is 5.91. The number of carbonyl (C=O) groups is 1. The molecule has 0 spiro atoms. The molecule has 2 saturated heterocycles. The van der Waals surface area contributed by atoms with E-state index in [2.05, 4.69) is 33.3 Å². The van der Waals surface area contributed by atoms with Gasteiger partial charge in [-0.25, -0.2) is 0 Å². The molecule has 2 aromatic rings. The topological polar surface area (TPSA) is 79.3 Å². The average Bonchev–Trinajstić information content (AvgIpc) is 3.29. The smallest absolute Gasteiger partial charge is 0.258 e. The Morgan fingerprint density at radius 1 is 0.944 bits per heavy atom. The van der Waals surface area contributed by atoms with Crippen molar-refractivity contribution in [2.45, 2.75) is 52.2 Å². The molecule has 3 N–H and O–H groups in total. The largest absolute Gasteiger partial charge is 0.508 e. The molecule has 36 heavy (non-hydrogen) atoms. The highest BCUT2D eigenvalue weighted by molar-refractivity contribution is 5.97. The maximum atomic E-state index is 13.3. The van der Waals surface area contributed by atoms with Crippen molar-refractivity contribution in [2.24, 2.45) is 5.92 Å². The van der Waals surface area contributed by atoms with Crippen LogP contribution >= 0.6 is 0 Å². The van der Waals surface area contributed by atoms with Gasteiger partial charge in [0.1, 0.15) is 11.5 Å². The Labute approximate surface area is 214 Å². The molecule has 3 aliphatic heterocycles. The van der Waals surface area contributed by atoms with Crippen molar-refractivity contribution in [3.63, 3.8) is 0 Å². The van der Waals surface area contributed by atoms with E-state index < -0.39 is 0 Å². The van der Waals surface area contributed by atoms with E-state index in [1.54, 1.807) is 11.0 Å². The van der Waals surface area contributed by atoms with E-state index >= 15 is 0 Å². The summed E-state index contributed by atoms with van der Waals surface area (Å²) in [5, 5.41) is 24.0. The third-order valence-corrected chi connectivity index (χ3v) is 8.12. The lowest BCUT2D eigenvalue weighted by atomic mass is 9.97. The summed E-state index contributed by atoms with van der Waals surface area (Å²) in [4.78, 5) is 20.2. The van der Waals surface area contributed by atoms with E-state index in [9.17, 15) is 15.0 Å². The van der Waals surface area contributed by atoms with Crippen LogP contribution in [-0.2, 0) is 19.6 Å². The van der Waals surface area contributed by atoms with E-state index in [-0.39, 0.29) is 28.9 Å². The minimum absolute atomic E-state index is 0.0283. The fraction of sp³-hybridized carbons (Fsp3) is 0.552. The first-order chi connectivity index (χ1) is 17.4. The molecule has 7 heteroatoms. The summed E-state index contributed by atoms with van der Waals surface area (Å²) < 4.78 is 0. The number of carbonyl (C=O) groups excluding carboxylic acids is 1. The van der Waals surface area contributed by atoms with Crippen LogP contribution in [0.5, 0.6) is 11.5 Å². The van der Waals surface area contributed by atoms with Crippen LogP contribution in [0, 0.1) is 5.92 Å². The van der Waals surface area contributed by atoms with E-state index in [0.717, 1.165) is 38.6 Å². The number of amides is 1. The number of hydrogen-bond acceptors (Lipinski definition) is 6. The lowest BCUT2D eigenvalue weighted by molar-refractivity contribution is 0.0748. The number of phenolic OH excluding ortho intramolecular Hbond substituents is 2. The number of piperazine rings is 1. The average molecular weight is 493 g/mol. The first kappa shape index (κ1) is 25.1. The Hall–Kier alpha value is -2.61. The molecule has 7 nitrogen and oxygen atoms in total. The molecule has 0 unspecified atom stereocenters. The number of nitrogens with zero attached hydrogens (tertiary/aromatic N) is 3. The summed E-state index contributed by atoms with van der Waals surface area (Å²) in [6.07, 6.45) is 2.61. The number of rotatable bonds is 6. The Bertz CT molecular complexity index is 1090. The minimum atomic E-state index is -0.197. The third-order valence-electron chi connectivity index (χ3n) is 8.12. The van der Waals surface area contributed by atoms with Crippen LogP contribution < -0.4 is 5.32 Å². The standard InChI is InChI=1S/C29H40N4O3/c1-20(2)25-14-26(28(35)15-27(25)34)29(36)33-18-23-4-3-22(13-24(23)19-33)17-32-11-9-31(10-12-32)16-21-5-7-30-8-6-21/h3-4,13-15,20-21,30,34-35H,5-12,16-19H2,1-2H3. The monoisotopic (exact) mass is 492 g/mol. The SMILES string of the molecule is CC(C)c1cc(C(=O)N2Cc3ccc(CN4CCN(CC5CCNCC5)CC4)cc3C2)c(O)cc1O. The molecular formula is C29H40N4O3. The van der Waals surface area contributed by atoms with Gasteiger partial charge in [-0.15, -0.1) is 0 Å². The summed E-state index contributed by atoms with van der Waals surface area (Å²) in [5.74, 6) is 0.568. The minimum Gasteiger partial charge on any atom is -0.508 e. The van der Waals surface area contributed by atoms with Gasteiger partial charge in [-0.3, -0.25) is 9.69 Å². The van der Waals surface area contributed by atoms with Crippen molar-refractivity contribution in [3.8, 4) is 11.5 Å². The molecular weight excluding hydrogens is 452 g/mol. The second kappa shape index (κ2) is 10.8. The number of benzene rings is 2. The number of aromatic hydroxyl groups is 2. The van der Waals surface area contributed by atoms with E-state index in [1.807, 2.05) is 13.8 Å². The molecule has 0 saturated carbocycles. The summed E-state index contributed by atoms with van der Waals surface area (Å²) in [7, 11) is 0.